The van der Waals surface area contributed by atoms with Gasteiger partial charge in [0.25, 0.3) is 5.91 Å². The maximum Gasteiger partial charge on any atom is 0.277 e. The number of halogens is 1. The van der Waals surface area contributed by atoms with Gasteiger partial charge in [0.2, 0.25) is 0 Å². The highest BCUT2D eigenvalue weighted by Crippen LogP contribution is 2.25. The molecule has 144 valence electrons. The van der Waals surface area contributed by atoms with Crippen molar-refractivity contribution in [2.24, 2.45) is 5.10 Å². The number of ether oxygens (including phenoxy) is 3. The van der Waals surface area contributed by atoms with E-state index in [0.29, 0.717) is 28.3 Å². The Labute approximate surface area is 166 Å². The highest BCUT2D eigenvalue weighted by Gasteiger charge is 2.07. The van der Waals surface area contributed by atoms with E-state index in [0.717, 1.165) is 5.39 Å². The molecule has 1 heterocycles. The molecule has 2 aromatic carbocycles. The lowest BCUT2D eigenvalue weighted by Gasteiger charge is -2.09. The third-order valence-electron chi connectivity index (χ3n) is 3.83. The van der Waals surface area contributed by atoms with Gasteiger partial charge in [0.1, 0.15) is 10.9 Å². The molecule has 28 heavy (non-hydrogen) atoms. The third-order valence-corrected chi connectivity index (χ3v) is 4.13. The fourth-order valence-electron chi connectivity index (χ4n) is 2.44. The number of para-hydroxylation sites is 2. The van der Waals surface area contributed by atoms with Crippen molar-refractivity contribution in [3.63, 3.8) is 0 Å². The number of nitrogens with zero attached hydrogens (tertiary/aromatic N) is 2. The van der Waals surface area contributed by atoms with Gasteiger partial charge in [0.05, 0.1) is 26.0 Å². The predicted octanol–water partition coefficient (Wildman–Crippen LogP) is 3.43. The summed E-state index contributed by atoms with van der Waals surface area (Å²) in [5.41, 5.74) is 3.67. The van der Waals surface area contributed by atoms with Gasteiger partial charge in [-0.3, -0.25) is 4.79 Å². The molecule has 1 aromatic heterocycles. The molecule has 0 aliphatic carbocycles. The Hall–Kier alpha value is -3.32. The average Bonchev–Trinajstić information content (AvgIpc) is 2.72. The quantitative estimate of drug-likeness (QED) is 0.374. The zero-order valence-corrected chi connectivity index (χ0v) is 16.1. The average molecular weight is 400 g/mol. The number of carbonyl (C=O) groups excluding carboxylic acids is 1. The molecule has 0 saturated heterocycles. The standard InChI is InChI=1S/C20H18ClN3O4/c1-26-15-8-7-13-9-14(20(21)23-16(13)10-15)11-22-24-19(25)12-28-18-6-4-3-5-17(18)27-2/h3-11H,12H2,1-2H3,(H,24,25)/b22-11+. The van der Waals surface area contributed by atoms with Crippen molar-refractivity contribution in [1.29, 1.82) is 0 Å². The Kier molecular flexibility index (Phi) is 6.29. The van der Waals surface area contributed by atoms with Gasteiger partial charge >= 0.3 is 0 Å². The first kappa shape index (κ1) is 19.4. The fourth-order valence-corrected chi connectivity index (χ4v) is 2.64. The molecule has 0 aliphatic rings. The van der Waals surface area contributed by atoms with Crippen LogP contribution in [0.5, 0.6) is 17.2 Å². The third kappa shape index (κ3) is 4.69. The maximum absolute atomic E-state index is 11.9. The van der Waals surface area contributed by atoms with Crippen molar-refractivity contribution in [2.75, 3.05) is 20.8 Å². The van der Waals surface area contributed by atoms with Crippen LogP contribution in [-0.2, 0) is 4.79 Å². The second-order valence-electron chi connectivity index (χ2n) is 5.66. The number of fused-ring (bicyclic) bond motifs is 1. The van der Waals surface area contributed by atoms with Crippen LogP contribution in [0.2, 0.25) is 5.15 Å². The van der Waals surface area contributed by atoms with Crippen molar-refractivity contribution in [2.45, 2.75) is 0 Å². The van der Waals surface area contributed by atoms with Crippen LogP contribution in [0.1, 0.15) is 5.56 Å². The highest BCUT2D eigenvalue weighted by molar-refractivity contribution is 6.32. The summed E-state index contributed by atoms with van der Waals surface area (Å²) >= 11 is 6.19. The normalized spacial score (nSPS) is 10.8. The minimum atomic E-state index is -0.420. The van der Waals surface area contributed by atoms with E-state index in [1.165, 1.54) is 13.3 Å². The van der Waals surface area contributed by atoms with E-state index in [9.17, 15) is 4.79 Å². The molecule has 3 aromatic rings. The Morgan fingerprint density at radius 1 is 1.14 bits per heavy atom. The van der Waals surface area contributed by atoms with Crippen molar-refractivity contribution in [3.8, 4) is 17.2 Å². The van der Waals surface area contributed by atoms with Crippen LogP contribution in [-0.4, -0.2) is 37.9 Å². The first-order chi connectivity index (χ1) is 13.6. The zero-order valence-electron chi connectivity index (χ0n) is 15.3. The molecule has 0 spiro atoms. The molecule has 0 aliphatic heterocycles. The van der Waals surface area contributed by atoms with Crippen LogP contribution in [0.25, 0.3) is 10.9 Å². The Balaban J connectivity index is 1.62. The van der Waals surface area contributed by atoms with Gasteiger partial charge in [-0.05, 0) is 30.3 Å². The Bertz CT molecular complexity index is 1020. The molecule has 0 saturated carbocycles. The molecule has 0 unspecified atom stereocenters. The number of methoxy groups -OCH3 is 2. The van der Waals surface area contributed by atoms with Gasteiger partial charge in [-0.15, -0.1) is 0 Å². The molecule has 0 fully saturated rings. The van der Waals surface area contributed by atoms with E-state index >= 15 is 0 Å². The summed E-state index contributed by atoms with van der Waals surface area (Å²) in [6.07, 6.45) is 1.43. The number of hydrogen-bond donors (Lipinski definition) is 1. The minimum absolute atomic E-state index is 0.207. The van der Waals surface area contributed by atoms with Crippen molar-refractivity contribution >= 4 is 34.6 Å². The van der Waals surface area contributed by atoms with E-state index < -0.39 is 5.91 Å². The molecule has 3 rings (SSSR count). The van der Waals surface area contributed by atoms with Crippen molar-refractivity contribution < 1.29 is 19.0 Å². The first-order valence-electron chi connectivity index (χ1n) is 8.32. The second-order valence-corrected chi connectivity index (χ2v) is 6.02. The lowest BCUT2D eigenvalue weighted by atomic mass is 10.1. The SMILES string of the molecule is COc1ccc2cc(/C=N/NC(=O)COc3ccccc3OC)c(Cl)nc2c1. The van der Waals surface area contributed by atoms with Crippen LogP contribution in [0, 0.1) is 0 Å². The topological polar surface area (TPSA) is 82.0 Å². The van der Waals surface area contributed by atoms with Gasteiger partial charge < -0.3 is 14.2 Å². The molecule has 0 bridgehead atoms. The van der Waals surface area contributed by atoms with Crippen molar-refractivity contribution in [3.05, 3.63) is 59.2 Å². The number of aromatic nitrogens is 1. The summed E-state index contributed by atoms with van der Waals surface area (Å²) in [5.74, 6) is 1.29. The van der Waals surface area contributed by atoms with Gasteiger partial charge in [-0.2, -0.15) is 5.10 Å². The molecule has 7 nitrogen and oxygen atoms in total. The lowest BCUT2D eigenvalue weighted by molar-refractivity contribution is -0.123. The molecule has 8 heteroatoms. The number of pyridine rings is 1. The number of amides is 1. The number of carbonyl (C=O) groups is 1. The lowest BCUT2D eigenvalue weighted by Crippen LogP contribution is -2.24. The van der Waals surface area contributed by atoms with E-state index in [-0.39, 0.29) is 11.8 Å². The molecular formula is C20H18ClN3O4. The van der Waals surface area contributed by atoms with Crippen LogP contribution in [0.4, 0.5) is 0 Å². The van der Waals surface area contributed by atoms with Crippen molar-refractivity contribution in [1.82, 2.24) is 10.4 Å². The molecular weight excluding hydrogens is 382 g/mol. The molecule has 1 amide bonds. The van der Waals surface area contributed by atoms with Crippen LogP contribution < -0.4 is 19.6 Å². The summed E-state index contributed by atoms with van der Waals surface area (Å²) in [6, 6.07) is 14.4. The Morgan fingerprint density at radius 3 is 2.68 bits per heavy atom. The molecule has 0 radical (unpaired) electrons. The predicted molar refractivity (Wildman–Crippen MR) is 108 cm³/mol. The van der Waals surface area contributed by atoms with Crippen LogP contribution >= 0.6 is 11.6 Å². The summed E-state index contributed by atoms with van der Waals surface area (Å²) in [4.78, 5) is 16.2. The van der Waals surface area contributed by atoms with Gasteiger partial charge in [-0.25, -0.2) is 10.4 Å². The van der Waals surface area contributed by atoms with Gasteiger partial charge in [-0.1, -0.05) is 23.7 Å². The zero-order chi connectivity index (χ0) is 19.9. The molecule has 1 N–H and O–H groups in total. The smallest absolute Gasteiger partial charge is 0.277 e. The summed E-state index contributed by atoms with van der Waals surface area (Å²) in [5, 5.41) is 5.05. The monoisotopic (exact) mass is 399 g/mol. The highest BCUT2D eigenvalue weighted by atomic mass is 35.5. The summed E-state index contributed by atoms with van der Waals surface area (Å²) in [6.45, 7) is -0.207. The number of hydrogen-bond acceptors (Lipinski definition) is 6. The van der Waals surface area contributed by atoms with E-state index in [4.69, 9.17) is 25.8 Å². The van der Waals surface area contributed by atoms with Crippen LogP contribution in [0.3, 0.4) is 0 Å². The first-order valence-corrected chi connectivity index (χ1v) is 8.70. The number of nitrogens with one attached hydrogen (secondary N) is 1. The van der Waals surface area contributed by atoms with Crippen LogP contribution in [0.15, 0.2) is 53.6 Å². The minimum Gasteiger partial charge on any atom is -0.497 e. The fraction of sp³-hybridized carbons (Fsp3) is 0.150. The summed E-state index contributed by atoms with van der Waals surface area (Å²) < 4.78 is 15.8. The van der Waals surface area contributed by atoms with Gasteiger partial charge in [0.15, 0.2) is 18.1 Å². The Morgan fingerprint density at radius 2 is 1.93 bits per heavy atom. The summed E-state index contributed by atoms with van der Waals surface area (Å²) in [7, 11) is 3.12. The van der Waals surface area contributed by atoms with E-state index in [1.54, 1.807) is 31.4 Å². The molecule has 0 atom stereocenters. The van der Waals surface area contributed by atoms with Gasteiger partial charge in [0, 0.05) is 17.0 Å². The van der Waals surface area contributed by atoms with E-state index in [2.05, 4.69) is 15.5 Å². The largest absolute Gasteiger partial charge is 0.497 e. The number of hydrazone groups is 1. The van der Waals surface area contributed by atoms with E-state index in [1.807, 2.05) is 24.3 Å². The maximum atomic E-state index is 11.9. The second kappa shape index (κ2) is 9.05. The number of benzene rings is 2. The number of rotatable bonds is 7.